The summed E-state index contributed by atoms with van der Waals surface area (Å²) in [4.78, 5) is 2.04. The predicted molar refractivity (Wildman–Crippen MR) is 71.2 cm³/mol. The van der Waals surface area contributed by atoms with Crippen LogP contribution in [-0.2, 0) is 12.7 Å². The van der Waals surface area contributed by atoms with Gasteiger partial charge in [-0.2, -0.15) is 13.2 Å². The molecule has 1 aromatic carbocycles. The van der Waals surface area contributed by atoms with Gasteiger partial charge in [0.1, 0.15) is 5.82 Å². The minimum Gasteiger partial charge on any atom is -0.312 e. The summed E-state index contributed by atoms with van der Waals surface area (Å²) in [5, 5.41) is 3.43. The Morgan fingerprint density at radius 2 is 2.05 bits per heavy atom. The van der Waals surface area contributed by atoms with E-state index < -0.39 is 17.6 Å². The number of piperidine rings is 1. The normalized spacial score (nSPS) is 26.9. The second-order valence-electron chi connectivity index (χ2n) is 5.96. The first-order valence-corrected chi connectivity index (χ1v) is 7.25. The number of nitrogens with zero attached hydrogens (tertiary/aromatic N) is 1. The zero-order chi connectivity index (χ0) is 15.0. The summed E-state index contributed by atoms with van der Waals surface area (Å²) < 4.78 is 52.1. The third-order valence-electron chi connectivity index (χ3n) is 4.45. The number of halogens is 4. The first-order valence-electron chi connectivity index (χ1n) is 7.25. The molecule has 0 amide bonds. The van der Waals surface area contributed by atoms with Crippen LogP contribution in [0.3, 0.4) is 0 Å². The van der Waals surface area contributed by atoms with Crippen molar-refractivity contribution in [2.75, 3.05) is 19.6 Å². The van der Waals surface area contributed by atoms with Crippen LogP contribution in [0.5, 0.6) is 0 Å². The van der Waals surface area contributed by atoms with Crippen LogP contribution < -0.4 is 5.32 Å². The minimum atomic E-state index is -4.51. The van der Waals surface area contributed by atoms with Gasteiger partial charge in [0, 0.05) is 25.7 Å². The van der Waals surface area contributed by atoms with Crippen LogP contribution in [0.15, 0.2) is 18.2 Å². The van der Waals surface area contributed by atoms with Crippen LogP contribution in [0.25, 0.3) is 0 Å². The topological polar surface area (TPSA) is 15.3 Å². The van der Waals surface area contributed by atoms with Gasteiger partial charge in [-0.15, -0.1) is 0 Å². The van der Waals surface area contributed by atoms with Crippen molar-refractivity contribution < 1.29 is 17.6 Å². The van der Waals surface area contributed by atoms with Gasteiger partial charge in [0.2, 0.25) is 0 Å². The van der Waals surface area contributed by atoms with E-state index in [9.17, 15) is 17.6 Å². The molecule has 116 valence electrons. The molecule has 21 heavy (non-hydrogen) atoms. The maximum absolute atomic E-state index is 13.1. The number of likely N-dealkylation sites (tertiary alicyclic amines) is 1. The van der Waals surface area contributed by atoms with Gasteiger partial charge in [0.15, 0.2) is 0 Å². The molecular formula is C15H18F4N2. The molecule has 0 radical (unpaired) electrons. The van der Waals surface area contributed by atoms with Crippen molar-refractivity contribution in [3.05, 3.63) is 35.1 Å². The SMILES string of the molecule is Fc1ccc(CN2CC3CCCNC3C2)c(C(F)(F)F)c1. The molecule has 0 bridgehead atoms. The van der Waals surface area contributed by atoms with Crippen LogP contribution in [0.1, 0.15) is 24.0 Å². The third kappa shape index (κ3) is 3.21. The fraction of sp³-hybridized carbons (Fsp3) is 0.600. The van der Waals surface area contributed by atoms with E-state index in [1.54, 1.807) is 0 Å². The zero-order valence-electron chi connectivity index (χ0n) is 11.6. The Hall–Kier alpha value is -1.14. The Morgan fingerprint density at radius 3 is 2.76 bits per heavy atom. The zero-order valence-corrected chi connectivity index (χ0v) is 11.6. The number of fused-ring (bicyclic) bond motifs is 1. The van der Waals surface area contributed by atoms with E-state index in [1.165, 1.54) is 6.07 Å². The van der Waals surface area contributed by atoms with Crippen LogP contribution >= 0.6 is 0 Å². The Bertz CT molecular complexity index is 501. The van der Waals surface area contributed by atoms with E-state index in [0.717, 1.165) is 38.5 Å². The number of rotatable bonds is 2. The molecule has 0 aliphatic carbocycles. The monoisotopic (exact) mass is 302 g/mol. The molecule has 2 aliphatic rings. The third-order valence-corrected chi connectivity index (χ3v) is 4.45. The number of hydrogen-bond donors (Lipinski definition) is 1. The highest BCUT2D eigenvalue weighted by molar-refractivity contribution is 5.30. The molecule has 2 aliphatic heterocycles. The molecule has 3 rings (SSSR count). The molecule has 2 saturated heterocycles. The molecule has 6 heteroatoms. The summed E-state index contributed by atoms with van der Waals surface area (Å²) in [6, 6.07) is 3.34. The van der Waals surface area contributed by atoms with Gasteiger partial charge >= 0.3 is 6.18 Å². The fourth-order valence-corrected chi connectivity index (χ4v) is 3.46. The molecule has 0 spiro atoms. The highest BCUT2D eigenvalue weighted by Crippen LogP contribution is 2.34. The quantitative estimate of drug-likeness (QED) is 0.845. The number of benzene rings is 1. The maximum Gasteiger partial charge on any atom is 0.416 e. The first-order chi connectivity index (χ1) is 9.93. The Balaban J connectivity index is 1.76. The van der Waals surface area contributed by atoms with Crippen molar-refractivity contribution >= 4 is 0 Å². The minimum absolute atomic E-state index is 0.155. The summed E-state index contributed by atoms with van der Waals surface area (Å²) in [5.41, 5.74) is -0.701. The van der Waals surface area contributed by atoms with Gasteiger partial charge in [-0.3, -0.25) is 4.90 Å². The second-order valence-corrected chi connectivity index (χ2v) is 5.96. The molecule has 1 N–H and O–H groups in total. The smallest absolute Gasteiger partial charge is 0.312 e. The molecule has 0 aromatic heterocycles. The van der Waals surface area contributed by atoms with E-state index in [0.29, 0.717) is 18.0 Å². The van der Waals surface area contributed by atoms with Crippen molar-refractivity contribution in [3.8, 4) is 0 Å². The van der Waals surface area contributed by atoms with Crippen LogP contribution in [0.2, 0.25) is 0 Å². The Morgan fingerprint density at radius 1 is 1.24 bits per heavy atom. The maximum atomic E-state index is 13.1. The largest absolute Gasteiger partial charge is 0.416 e. The summed E-state index contributed by atoms with van der Waals surface area (Å²) in [7, 11) is 0. The highest BCUT2D eigenvalue weighted by atomic mass is 19.4. The van der Waals surface area contributed by atoms with Crippen molar-refractivity contribution in [1.29, 1.82) is 0 Å². The lowest BCUT2D eigenvalue weighted by Gasteiger charge is -2.24. The lowest BCUT2D eigenvalue weighted by molar-refractivity contribution is -0.138. The fourth-order valence-electron chi connectivity index (χ4n) is 3.46. The van der Waals surface area contributed by atoms with Crippen LogP contribution in [0, 0.1) is 11.7 Å². The Labute approximate surface area is 121 Å². The second kappa shape index (κ2) is 5.57. The first kappa shape index (κ1) is 14.8. The van der Waals surface area contributed by atoms with Crippen molar-refractivity contribution in [2.45, 2.75) is 31.6 Å². The van der Waals surface area contributed by atoms with E-state index in [2.05, 4.69) is 5.32 Å². The number of nitrogens with one attached hydrogen (secondary N) is 1. The van der Waals surface area contributed by atoms with Gasteiger partial charge in [-0.05, 0) is 43.0 Å². The van der Waals surface area contributed by atoms with Crippen LogP contribution in [0.4, 0.5) is 17.6 Å². The summed E-state index contributed by atoms with van der Waals surface area (Å²) in [6.07, 6.45) is -2.26. The molecule has 1 aromatic rings. The van der Waals surface area contributed by atoms with E-state index in [1.807, 2.05) is 4.90 Å². The van der Waals surface area contributed by atoms with E-state index >= 15 is 0 Å². The van der Waals surface area contributed by atoms with Crippen LogP contribution in [-0.4, -0.2) is 30.6 Å². The molecular weight excluding hydrogens is 284 g/mol. The molecule has 2 atom stereocenters. The van der Waals surface area contributed by atoms with Gasteiger partial charge < -0.3 is 5.32 Å². The molecule has 2 heterocycles. The van der Waals surface area contributed by atoms with E-state index in [-0.39, 0.29) is 12.1 Å². The van der Waals surface area contributed by atoms with Crippen molar-refractivity contribution in [2.24, 2.45) is 5.92 Å². The van der Waals surface area contributed by atoms with Crippen molar-refractivity contribution in [3.63, 3.8) is 0 Å². The lowest BCUT2D eigenvalue weighted by Crippen LogP contribution is -2.40. The van der Waals surface area contributed by atoms with Gasteiger partial charge in [-0.25, -0.2) is 4.39 Å². The number of hydrogen-bond acceptors (Lipinski definition) is 2. The lowest BCUT2D eigenvalue weighted by atomic mass is 9.94. The summed E-state index contributed by atoms with van der Waals surface area (Å²) in [6.45, 7) is 2.79. The molecule has 2 fully saturated rings. The molecule has 0 saturated carbocycles. The molecule has 2 nitrogen and oxygen atoms in total. The van der Waals surface area contributed by atoms with Gasteiger partial charge in [0.05, 0.1) is 5.56 Å². The average molecular weight is 302 g/mol. The average Bonchev–Trinajstić information content (AvgIpc) is 2.82. The highest BCUT2D eigenvalue weighted by Gasteiger charge is 2.37. The van der Waals surface area contributed by atoms with E-state index in [4.69, 9.17) is 0 Å². The van der Waals surface area contributed by atoms with Gasteiger partial charge in [0.25, 0.3) is 0 Å². The summed E-state index contributed by atoms with van der Waals surface area (Å²) >= 11 is 0. The Kier molecular flexibility index (Phi) is 3.92. The predicted octanol–water partition coefficient (Wildman–Crippen LogP) is 3.03. The standard InChI is InChI=1S/C15H18F4N2/c16-12-4-3-10(13(6-12)15(17,18)19)7-21-8-11-2-1-5-20-14(11)9-21/h3-4,6,11,14,20H,1-2,5,7-9H2. The number of alkyl halides is 3. The summed E-state index contributed by atoms with van der Waals surface area (Å²) in [5.74, 6) is -0.323. The molecule has 2 unspecified atom stereocenters. The van der Waals surface area contributed by atoms with Crippen molar-refractivity contribution in [1.82, 2.24) is 10.2 Å². The van der Waals surface area contributed by atoms with Gasteiger partial charge in [-0.1, -0.05) is 6.07 Å².